The van der Waals surface area contributed by atoms with Crippen molar-refractivity contribution in [3.8, 4) is 0 Å². The van der Waals surface area contributed by atoms with E-state index in [4.69, 9.17) is 0 Å². The highest BCUT2D eigenvalue weighted by molar-refractivity contribution is 7.88. The molecular formula is C13H30N4O2S. The van der Waals surface area contributed by atoms with E-state index < -0.39 is 15.6 Å². The summed E-state index contributed by atoms with van der Waals surface area (Å²) in [7, 11) is -3.23. The zero-order chi connectivity index (χ0) is 15.6. The molecule has 0 saturated carbocycles. The SMILES string of the molecule is CCCCCNC(=NCC(C)(C)NS(C)(=O)=O)NCC. The predicted molar refractivity (Wildman–Crippen MR) is 85.6 cm³/mol. The van der Waals surface area contributed by atoms with E-state index in [1.54, 1.807) is 0 Å². The van der Waals surface area contributed by atoms with Gasteiger partial charge in [-0.15, -0.1) is 0 Å². The molecule has 0 heterocycles. The van der Waals surface area contributed by atoms with Gasteiger partial charge in [0.2, 0.25) is 10.0 Å². The molecule has 0 unspecified atom stereocenters. The first-order chi connectivity index (χ1) is 9.20. The van der Waals surface area contributed by atoms with Crippen LogP contribution in [0.4, 0.5) is 0 Å². The van der Waals surface area contributed by atoms with Crippen LogP contribution in [-0.2, 0) is 10.0 Å². The maximum Gasteiger partial charge on any atom is 0.209 e. The molecule has 20 heavy (non-hydrogen) atoms. The van der Waals surface area contributed by atoms with Crippen LogP contribution < -0.4 is 15.4 Å². The van der Waals surface area contributed by atoms with E-state index in [0.29, 0.717) is 6.54 Å². The van der Waals surface area contributed by atoms with Gasteiger partial charge in [0.25, 0.3) is 0 Å². The Kier molecular flexibility index (Phi) is 8.80. The van der Waals surface area contributed by atoms with Gasteiger partial charge in [-0.05, 0) is 27.2 Å². The molecule has 0 saturated heterocycles. The molecule has 7 heteroatoms. The van der Waals surface area contributed by atoms with Crippen LogP contribution in [-0.4, -0.2) is 45.8 Å². The van der Waals surface area contributed by atoms with E-state index in [2.05, 4.69) is 27.3 Å². The molecule has 0 atom stereocenters. The standard InChI is InChI=1S/C13H30N4O2S/c1-6-8-9-10-15-12(14-7-2)16-11-13(3,4)17-20(5,18)19/h17H,6-11H2,1-5H3,(H2,14,15,16). The number of aliphatic imine (C=N–C) groups is 1. The van der Waals surface area contributed by atoms with Gasteiger partial charge >= 0.3 is 0 Å². The third-order valence-corrected chi connectivity index (χ3v) is 3.43. The summed E-state index contributed by atoms with van der Waals surface area (Å²) in [6, 6.07) is 0. The van der Waals surface area contributed by atoms with Crippen molar-refractivity contribution in [3.63, 3.8) is 0 Å². The largest absolute Gasteiger partial charge is 0.357 e. The molecule has 0 aromatic rings. The van der Waals surface area contributed by atoms with Gasteiger partial charge in [0, 0.05) is 18.6 Å². The van der Waals surface area contributed by atoms with Crippen molar-refractivity contribution in [2.75, 3.05) is 25.9 Å². The molecule has 3 N–H and O–H groups in total. The Balaban J connectivity index is 4.44. The molecule has 0 bridgehead atoms. The van der Waals surface area contributed by atoms with Crippen LogP contribution in [0, 0.1) is 0 Å². The van der Waals surface area contributed by atoms with Crippen LogP contribution >= 0.6 is 0 Å². The first-order valence-corrected chi connectivity index (χ1v) is 9.10. The molecule has 0 radical (unpaired) electrons. The van der Waals surface area contributed by atoms with Crippen molar-refractivity contribution in [2.45, 2.75) is 52.5 Å². The summed E-state index contributed by atoms with van der Waals surface area (Å²) in [4.78, 5) is 4.43. The summed E-state index contributed by atoms with van der Waals surface area (Å²) in [6.07, 6.45) is 4.63. The Hall–Kier alpha value is -0.820. The fourth-order valence-corrected chi connectivity index (χ4v) is 2.80. The average molecular weight is 306 g/mol. The van der Waals surface area contributed by atoms with E-state index in [1.807, 2.05) is 20.8 Å². The lowest BCUT2D eigenvalue weighted by atomic mass is 10.1. The minimum absolute atomic E-state index is 0.378. The van der Waals surface area contributed by atoms with Crippen molar-refractivity contribution in [2.24, 2.45) is 4.99 Å². The Morgan fingerprint density at radius 3 is 2.30 bits per heavy atom. The van der Waals surface area contributed by atoms with Crippen molar-refractivity contribution in [1.29, 1.82) is 0 Å². The maximum absolute atomic E-state index is 11.3. The third-order valence-electron chi connectivity index (χ3n) is 2.51. The minimum Gasteiger partial charge on any atom is -0.357 e. The van der Waals surface area contributed by atoms with Crippen molar-refractivity contribution < 1.29 is 8.42 Å². The number of sulfonamides is 1. The number of unbranched alkanes of at least 4 members (excludes halogenated alkanes) is 2. The average Bonchev–Trinajstić information content (AvgIpc) is 2.28. The molecule has 0 aliphatic heterocycles. The smallest absolute Gasteiger partial charge is 0.209 e. The fourth-order valence-electron chi connectivity index (χ4n) is 1.73. The minimum atomic E-state index is -3.23. The monoisotopic (exact) mass is 306 g/mol. The molecule has 0 spiro atoms. The molecule has 6 nitrogen and oxygen atoms in total. The zero-order valence-electron chi connectivity index (χ0n) is 13.4. The highest BCUT2D eigenvalue weighted by Crippen LogP contribution is 2.04. The van der Waals surface area contributed by atoms with Gasteiger partial charge in [0.05, 0.1) is 12.8 Å². The second-order valence-electron chi connectivity index (χ2n) is 5.59. The summed E-state index contributed by atoms with van der Waals surface area (Å²) in [5.74, 6) is 0.729. The highest BCUT2D eigenvalue weighted by atomic mass is 32.2. The molecule has 0 amide bonds. The lowest BCUT2D eigenvalue weighted by Gasteiger charge is -2.23. The van der Waals surface area contributed by atoms with E-state index in [9.17, 15) is 8.42 Å². The van der Waals surface area contributed by atoms with Crippen LogP contribution in [0.25, 0.3) is 0 Å². The van der Waals surface area contributed by atoms with Gasteiger partial charge in [-0.3, -0.25) is 4.99 Å². The van der Waals surface area contributed by atoms with Crippen LogP contribution in [0.2, 0.25) is 0 Å². The third kappa shape index (κ3) is 11.0. The van der Waals surface area contributed by atoms with Crippen LogP contribution in [0.1, 0.15) is 47.0 Å². The summed E-state index contributed by atoms with van der Waals surface area (Å²) in [5, 5.41) is 6.41. The van der Waals surface area contributed by atoms with Gasteiger partial charge < -0.3 is 10.6 Å². The van der Waals surface area contributed by atoms with Crippen LogP contribution in [0.5, 0.6) is 0 Å². The van der Waals surface area contributed by atoms with E-state index in [0.717, 1.165) is 31.7 Å². The number of rotatable bonds is 9. The molecule has 0 fully saturated rings. The lowest BCUT2D eigenvalue weighted by molar-refractivity contribution is 0.464. The van der Waals surface area contributed by atoms with Gasteiger partial charge in [-0.2, -0.15) is 0 Å². The quantitative estimate of drug-likeness (QED) is 0.338. The summed E-state index contributed by atoms with van der Waals surface area (Å²) in [5.41, 5.74) is -0.598. The zero-order valence-corrected chi connectivity index (χ0v) is 14.2. The molecule has 0 aromatic heterocycles. The van der Waals surface area contributed by atoms with Crippen LogP contribution in [0.3, 0.4) is 0 Å². The first-order valence-electron chi connectivity index (χ1n) is 7.21. The highest BCUT2D eigenvalue weighted by Gasteiger charge is 2.21. The fraction of sp³-hybridized carbons (Fsp3) is 0.923. The Labute approximate surface area is 123 Å². The molecule has 0 aliphatic carbocycles. The molecular weight excluding hydrogens is 276 g/mol. The van der Waals surface area contributed by atoms with Gasteiger partial charge in [0.15, 0.2) is 5.96 Å². The summed E-state index contributed by atoms with van der Waals surface area (Å²) < 4.78 is 25.1. The maximum atomic E-state index is 11.3. The predicted octanol–water partition coefficient (Wildman–Crippen LogP) is 1.06. The van der Waals surface area contributed by atoms with Gasteiger partial charge in [-0.25, -0.2) is 13.1 Å². The number of hydrogen-bond donors (Lipinski definition) is 3. The van der Waals surface area contributed by atoms with E-state index >= 15 is 0 Å². The topological polar surface area (TPSA) is 82.6 Å². The molecule has 0 rings (SSSR count). The second kappa shape index (κ2) is 9.18. The number of nitrogens with one attached hydrogen (secondary N) is 3. The van der Waals surface area contributed by atoms with Gasteiger partial charge in [-0.1, -0.05) is 19.8 Å². The van der Waals surface area contributed by atoms with E-state index in [1.165, 1.54) is 12.8 Å². The Bertz CT molecular complexity index is 391. The normalized spacial score (nSPS) is 13.3. The number of nitrogens with zero attached hydrogens (tertiary/aromatic N) is 1. The molecule has 0 aromatic carbocycles. The van der Waals surface area contributed by atoms with Crippen LogP contribution in [0.15, 0.2) is 4.99 Å². The number of hydrogen-bond acceptors (Lipinski definition) is 3. The summed E-state index contributed by atoms with van der Waals surface area (Å²) >= 11 is 0. The van der Waals surface area contributed by atoms with Crippen molar-refractivity contribution >= 4 is 16.0 Å². The molecule has 0 aliphatic rings. The lowest BCUT2D eigenvalue weighted by Crippen LogP contribution is -2.46. The second-order valence-corrected chi connectivity index (χ2v) is 7.34. The molecule has 120 valence electrons. The Morgan fingerprint density at radius 1 is 1.15 bits per heavy atom. The van der Waals surface area contributed by atoms with Gasteiger partial charge in [0.1, 0.15) is 0 Å². The summed E-state index contributed by atoms with van der Waals surface area (Å²) in [6.45, 7) is 9.83. The van der Waals surface area contributed by atoms with E-state index in [-0.39, 0.29) is 0 Å². The first kappa shape index (κ1) is 19.2. The van der Waals surface area contributed by atoms with Crippen molar-refractivity contribution in [1.82, 2.24) is 15.4 Å². The van der Waals surface area contributed by atoms with Crippen molar-refractivity contribution in [3.05, 3.63) is 0 Å². The Morgan fingerprint density at radius 2 is 1.80 bits per heavy atom. The number of guanidine groups is 1.